The van der Waals surface area contributed by atoms with Crippen LogP contribution in [0.4, 0.5) is 0 Å². The van der Waals surface area contributed by atoms with E-state index in [0.717, 1.165) is 16.8 Å². The van der Waals surface area contributed by atoms with Crippen molar-refractivity contribution in [2.24, 2.45) is 0 Å². The zero-order chi connectivity index (χ0) is 19.5. The second-order valence-corrected chi connectivity index (χ2v) is 7.04. The highest BCUT2D eigenvalue weighted by Crippen LogP contribution is 2.38. The number of hydrogen-bond acceptors (Lipinski definition) is 4. The lowest BCUT2D eigenvalue weighted by molar-refractivity contribution is -0.121. The Kier molecular flexibility index (Phi) is 5.21. The van der Waals surface area contributed by atoms with Crippen LogP contribution >= 0.6 is 11.6 Å². The molecule has 3 aromatic rings. The molecule has 0 bridgehead atoms. The summed E-state index contributed by atoms with van der Waals surface area (Å²) < 4.78 is 13.0. The van der Waals surface area contributed by atoms with Gasteiger partial charge in [0.25, 0.3) is 0 Å². The van der Waals surface area contributed by atoms with E-state index in [-0.39, 0.29) is 18.4 Å². The lowest BCUT2D eigenvalue weighted by Gasteiger charge is -2.20. The fourth-order valence-corrected chi connectivity index (χ4v) is 3.46. The van der Waals surface area contributed by atoms with E-state index in [1.54, 1.807) is 18.6 Å². The monoisotopic (exact) mass is 397 g/mol. The molecule has 144 valence electrons. The standard InChI is InChI=1S/C21H20ClN3O3/c1-14(16-2-4-17(5-3-16)25-7-6-23-13-25)24-20(26)12-15-10-18(22)21-19(11-15)27-8-9-28-21/h2-7,10-11,13-14H,8-9,12H2,1H3,(H,24,26)/t14-/m1/s1. The Balaban J connectivity index is 1.40. The molecular weight excluding hydrogens is 378 g/mol. The van der Waals surface area contributed by atoms with Crippen molar-refractivity contribution >= 4 is 17.5 Å². The number of hydrogen-bond donors (Lipinski definition) is 1. The van der Waals surface area contributed by atoms with Crippen molar-refractivity contribution < 1.29 is 14.3 Å². The van der Waals surface area contributed by atoms with Gasteiger partial charge in [-0.25, -0.2) is 4.98 Å². The third-order valence-electron chi connectivity index (χ3n) is 4.59. The average molecular weight is 398 g/mol. The number of nitrogens with one attached hydrogen (secondary N) is 1. The molecule has 0 fully saturated rings. The third-order valence-corrected chi connectivity index (χ3v) is 4.88. The van der Waals surface area contributed by atoms with E-state index in [4.69, 9.17) is 21.1 Å². The van der Waals surface area contributed by atoms with E-state index < -0.39 is 0 Å². The lowest BCUT2D eigenvalue weighted by atomic mass is 10.1. The van der Waals surface area contributed by atoms with Crippen LogP contribution in [0.1, 0.15) is 24.1 Å². The summed E-state index contributed by atoms with van der Waals surface area (Å²) in [5, 5.41) is 3.49. The van der Waals surface area contributed by atoms with Gasteiger partial charge in [-0.1, -0.05) is 23.7 Å². The molecule has 1 atom stereocenters. The number of ether oxygens (including phenoxy) is 2. The lowest BCUT2D eigenvalue weighted by Crippen LogP contribution is -2.28. The SMILES string of the molecule is C[C@@H](NC(=O)Cc1cc(Cl)c2c(c1)OCCO2)c1ccc(-n2ccnc2)cc1. The summed E-state index contributed by atoms with van der Waals surface area (Å²) in [4.78, 5) is 16.5. The largest absolute Gasteiger partial charge is 0.486 e. The van der Waals surface area contributed by atoms with Gasteiger partial charge in [-0.2, -0.15) is 0 Å². The van der Waals surface area contributed by atoms with Gasteiger partial charge in [0, 0.05) is 18.1 Å². The van der Waals surface area contributed by atoms with Crippen LogP contribution < -0.4 is 14.8 Å². The minimum atomic E-state index is -0.114. The summed E-state index contributed by atoms with van der Waals surface area (Å²) in [5.41, 5.74) is 2.83. The van der Waals surface area contributed by atoms with Crippen LogP contribution in [0.2, 0.25) is 5.02 Å². The number of nitrogens with zero attached hydrogens (tertiary/aromatic N) is 2. The summed E-state index contributed by atoms with van der Waals surface area (Å²) in [5.74, 6) is 1.05. The second-order valence-electron chi connectivity index (χ2n) is 6.63. The van der Waals surface area contributed by atoms with Crippen LogP contribution in [0, 0.1) is 0 Å². The molecule has 0 saturated heterocycles. The number of amides is 1. The van der Waals surface area contributed by atoms with Crippen LogP contribution in [0.5, 0.6) is 11.5 Å². The Labute approximate surface area is 168 Å². The predicted molar refractivity (Wildman–Crippen MR) is 106 cm³/mol. The first-order chi connectivity index (χ1) is 13.6. The average Bonchev–Trinajstić information content (AvgIpc) is 3.23. The molecule has 0 spiro atoms. The Morgan fingerprint density at radius 3 is 2.79 bits per heavy atom. The molecule has 28 heavy (non-hydrogen) atoms. The van der Waals surface area contributed by atoms with E-state index >= 15 is 0 Å². The van der Waals surface area contributed by atoms with Crippen LogP contribution in [0.3, 0.4) is 0 Å². The highest BCUT2D eigenvalue weighted by Gasteiger charge is 2.18. The Morgan fingerprint density at radius 1 is 1.25 bits per heavy atom. The molecule has 7 heteroatoms. The number of benzene rings is 2. The molecule has 1 aliphatic heterocycles. The number of imidazole rings is 1. The van der Waals surface area contributed by atoms with Crippen molar-refractivity contribution in [2.45, 2.75) is 19.4 Å². The number of carbonyl (C=O) groups excluding carboxylic acids is 1. The van der Waals surface area contributed by atoms with Crippen molar-refractivity contribution in [3.8, 4) is 17.2 Å². The van der Waals surface area contributed by atoms with Crippen molar-refractivity contribution in [1.82, 2.24) is 14.9 Å². The molecule has 1 amide bonds. The summed E-state index contributed by atoms with van der Waals surface area (Å²) in [7, 11) is 0. The first-order valence-corrected chi connectivity index (χ1v) is 9.43. The van der Waals surface area contributed by atoms with E-state index in [0.29, 0.717) is 29.7 Å². The van der Waals surface area contributed by atoms with Gasteiger partial charge in [0.05, 0.1) is 23.8 Å². The third kappa shape index (κ3) is 3.97. The van der Waals surface area contributed by atoms with Crippen molar-refractivity contribution in [1.29, 1.82) is 0 Å². The quantitative estimate of drug-likeness (QED) is 0.712. The van der Waals surface area contributed by atoms with Gasteiger partial charge in [-0.3, -0.25) is 4.79 Å². The van der Waals surface area contributed by atoms with Gasteiger partial charge in [0.15, 0.2) is 11.5 Å². The van der Waals surface area contributed by atoms with Crippen LogP contribution in [-0.4, -0.2) is 28.7 Å². The van der Waals surface area contributed by atoms with Gasteiger partial charge < -0.3 is 19.4 Å². The van der Waals surface area contributed by atoms with Crippen molar-refractivity contribution in [2.75, 3.05) is 13.2 Å². The minimum Gasteiger partial charge on any atom is -0.486 e. The topological polar surface area (TPSA) is 65.4 Å². The normalized spacial score (nSPS) is 13.8. The Hall–Kier alpha value is -2.99. The Morgan fingerprint density at radius 2 is 2.04 bits per heavy atom. The smallest absolute Gasteiger partial charge is 0.224 e. The van der Waals surface area contributed by atoms with Gasteiger partial charge in [0.2, 0.25) is 5.91 Å². The molecule has 0 aliphatic carbocycles. The maximum absolute atomic E-state index is 12.5. The second kappa shape index (κ2) is 7.94. The van der Waals surface area contributed by atoms with E-state index in [1.807, 2.05) is 48.0 Å². The van der Waals surface area contributed by atoms with Gasteiger partial charge in [-0.15, -0.1) is 0 Å². The summed E-state index contributed by atoms with van der Waals surface area (Å²) in [6.45, 7) is 2.91. The molecule has 0 unspecified atom stereocenters. The van der Waals surface area contributed by atoms with Crippen LogP contribution in [0.15, 0.2) is 55.1 Å². The number of halogens is 1. The number of carbonyl (C=O) groups is 1. The van der Waals surface area contributed by atoms with Gasteiger partial charge in [-0.05, 0) is 42.3 Å². The summed E-state index contributed by atoms with van der Waals surface area (Å²) in [6.07, 6.45) is 5.59. The van der Waals surface area contributed by atoms with E-state index in [2.05, 4.69) is 10.3 Å². The molecule has 1 aromatic heterocycles. The van der Waals surface area contributed by atoms with E-state index in [1.165, 1.54) is 0 Å². The molecular formula is C21H20ClN3O3. The maximum Gasteiger partial charge on any atom is 0.224 e. The van der Waals surface area contributed by atoms with Crippen LogP contribution in [-0.2, 0) is 11.2 Å². The molecule has 1 N–H and O–H groups in total. The van der Waals surface area contributed by atoms with Crippen LogP contribution in [0.25, 0.3) is 5.69 Å². The highest BCUT2D eigenvalue weighted by atomic mass is 35.5. The highest BCUT2D eigenvalue weighted by molar-refractivity contribution is 6.32. The zero-order valence-electron chi connectivity index (χ0n) is 15.4. The van der Waals surface area contributed by atoms with E-state index in [9.17, 15) is 4.79 Å². The number of aromatic nitrogens is 2. The van der Waals surface area contributed by atoms with Crippen molar-refractivity contribution in [3.63, 3.8) is 0 Å². The first-order valence-electron chi connectivity index (χ1n) is 9.06. The molecule has 0 saturated carbocycles. The molecule has 2 aromatic carbocycles. The molecule has 6 nitrogen and oxygen atoms in total. The molecule has 1 aliphatic rings. The fourth-order valence-electron chi connectivity index (χ4n) is 3.17. The molecule has 4 rings (SSSR count). The van der Waals surface area contributed by atoms with Gasteiger partial charge in [0.1, 0.15) is 13.2 Å². The molecule has 0 radical (unpaired) electrons. The van der Waals surface area contributed by atoms with Crippen molar-refractivity contribution in [3.05, 3.63) is 71.3 Å². The molecule has 2 heterocycles. The predicted octanol–water partition coefficient (Wildman–Crippen LogP) is 3.72. The van der Waals surface area contributed by atoms with Gasteiger partial charge >= 0.3 is 0 Å². The number of rotatable bonds is 5. The fraction of sp³-hybridized carbons (Fsp3) is 0.238. The summed E-state index contributed by atoms with van der Waals surface area (Å²) >= 11 is 6.25. The number of fused-ring (bicyclic) bond motifs is 1. The first kappa shape index (κ1) is 18.4. The maximum atomic E-state index is 12.5. The summed E-state index contributed by atoms with van der Waals surface area (Å²) in [6, 6.07) is 11.4. The Bertz CT molecular complexity index is 971. The zero-order valence-corrected chi connectivity index (χ0v) is 16.1. The minimum absolute atomic E-state index is 0.0843.